The molecule has 18 heavy (non-hydrogen) atoms. The predicted molar refractivity (Wildman–Crippen MR) is 65.7 cm³/mol. The maximum atomic E-state index is 11.9. The molecule has 6 nitrogen and oxygen atoms in total. The lowest BCUT2D eigenvalue weighted by Gasteiger charge is -2.26. The van der Waals surface area contributed by atoms with E-state index in [2.05, 4.69) is 25.4 Å². The Morgan fingerprint density at radius 3 is 3.06 bits per heavy atom. The van der Waals surface area contributed by atoms with Gasteiger partial charge in [0.15, 0.2) is 5.82 Å². The Bertz CT molecular complexity index is 443. The minimum Gasteiger partial charge on any atom is -0.352 e. The lowest BCUT2D eigenvalue weighted by molar-refractivity contribution is -0.124. The van der Waals surface area contributed by atoms with Gasteiger partial charge in [0.2, 0.25) is 5.91 Å². The summed E-state index contributed by atoms with van der Waals surface area (Å²) < 4.78 is 0. The summed E-state index contributed by atoms with van der Waals surface area (Å²) in [5.74, 6) is 2.03. The van der Waals surface area contributed by atoms with Crippen LogP contribution in [-0.2, 0) is 11.3 Å². The van der Waals surface area contributed by atoms with E-state index in [0.717, 1.165) is 50.5 Å². The third kappa shape index (κ3) is 2.38. The molecule has 6 heteroatoms. The Kier molecular flexibility index (Phi) is 3.03. The molecular weight excluding hydrogens is 230 g/mol. The summed E-state index contributed by atoms with van der Waals surface area (Å²) in [6.45, 7) is 4.37. The first-order valence-corrected chi connectivity index (χ1v) is 6.61. The molecule has 0 spiro atoms. The fourth-order valence-electron chi connectivity index (χ4n) is 2.93. The quantitative estimate of drug-likeness (QED) is 0.786. The second-order valence-electron chi connectivity index (χ2n) is 5.36. The molecular formula is C12H19N5O. The van der Waals surface area contributed by atoms with E-state index in [1.165, 1.54) is 0 Å². The molecule has 2 saturated heterocycles. The number of likely N-dealkylation sites (tertiary alicyclic amines) is 1. The predicted octanol–water partition coefficient (Wildman–Crippen LogP) is 0.214. The number of amides is 1. The van der Waals surface area contributed by atoms with Crippen LogP contribution in [0.25, 0.3) is 0 Å². The van der Waals surface area contributed by atoms with E-state index in [-0.39, 0.29) is 11.8 Å². The second-order valence-corrected chi connectivity index (χ2v) is 5.36. The van der Waals surface area contributed by atoms with Gasteiger partial charge in [-0.2, -0.15) is 5.10 Å². The van der Waals surface area contributed by atoms with Crippen LogP contribution in [0, 0.1) is 12.8 Å². The summed E-state index contributed by atoms with van der Waals surface area (Å²) in [7, 11) is 0. The molecule has 2 fully saturated rings. The number of fused-ring (bicyclic) bond motifs is 3. The Labute approximate surface area is 106 Å². The van der Waals surface area contributed by atoms with Gasteiger partial charge >= 0.3 is 0 Å². The van der Waals surface area contributed by atoms with Gasteiger partial charge in [0.1, 0.15) is 5.82 Å². The maximum Gasteiger partial charge on any atom is 0.224 e. The third-order valence-corrected chi connectivity index (χ3v) is 3.79. The van der Waals surface area contributed by atoms with Crippen LogP contribution in [0.4, 0.5) is 0 Å². The van der Waals surface area contributed by atoms with E-state index in [9.17, 15) is 4.79 Å². The Balaban J connectivity index is 1.72. The van der Waals surface area contributed by atoms with Crippen LogP contribution in [0.1, 0.15) is 30.9 Å². The van der Waals surface area contributed by atoms with Crippen molar-refractivity contribution in [2.45, 2.75) is 38.8 Å². The molecule has 0 unspecified atom stereocenters. The summed E-state index contributed by atoms with van der Waals surface area (Å²) >= 11 is 0. The second kappa shape index (κ2) is 4.68. The van der Waals surface area contributed by atoms with Gasteiger partial charge in [0, 0.05) is 19.1 Å². The first-order valence-electron chi connectivity index (χ1n) is 6.61. The third-order valence-electron chi connectivity index (χ3n) is 3.79. The SMILES string of the molecule is Cc1nc(CN2C[C@@H]3CCC[C@H](C2)C(=O)N3)n[nH]1. The van der Waals surface area contributed by atoms with Gasteiger partial charge in [-0.1, -0.05) is 6.42 Å². The molecule has 0 saturated carbocycles. The number of nitrogens with zero attached hydrogens (tertiary/aromatic N) is 3. The minimum absolute atomic E-state index is 0.137. The molecule has 98 valence electrons. The van der Waals surface area contributed by atoms with Crippen LogP contribution < -0.4 is 5.32 Å². The highest BCUT2D eigenvalue weighted by Gasteiger charge is 2.32. The lowest BCUT2D eigenvalue weighted by atomic mass is 9.99. The molecule has 0 aromatic carbocycles. The van der Waals surface area contributed by atoms with Gasteiger partial charge in [0.05, 0.1) is 12.5 Å². The van der Waals surface area contributed by atoms with Gasteiger partial charge < -0.3 is 5.32 Å². The Morgan fingerprint density at radius 2 is 2.28 bits per heavy atom. The van der Waals surface area contributed by atoms with E-state index in [1.807, 2.05) is 6.92 Å². The maximum absolute atomic E-state index is 11.9. The fourth-order valence-corrected chi connectivity index (χ4v) is 2.93. The molecule has 3 heterocycles. The highest BCUT2D eigenvalue weighted by molar-refractivity contribution is 5.79. The number of rotatable bonds is 2. The van der Waals surface area contributed by atoms with E-state index in [4.69, 9.17) is 0 Å². The van der Waals surface area contributed by atoms with Crippen molar-refractivity contribution in [3.05, 3.63) is 11.6 Å². The van der Waals surface area contributed by atoms with Gasteiger partial charge in [-0.3, -0.25) is 14.8 Å². The van der Waals surface area contributed by atoms with Crippen molar-refractivity contribution in [1.82, 2.24) is 25.4 Å². The monoisotopic (exact) mass is 249 g/mol. The molecule has 3 rings (SSSR count). The van der Waals surface area contributed by atoms with Crippen LogP contribution in [0.3, 0.4) is 0 Å². The van der Waals surface area contributed by atoms with Crippen LogP contribution in [0.15, 0.2) is 0 Å². The van der Waals surface area contributed by atoms with E-state index in [0.29, 0.717) is 6.04 Å². The zero-order valence-corrected chi connectivity index (χ0v) is 10.6. The molecule has 2 atom stereocenters. The van der Waals surface area contributed by atoms with Gasteiger partial charge in [-0.05, 0) is 19.8 Å². The van der Waals surface area contributed by atoms with Crippen molar-refractivity contribution in [1.29, 1.82) is 0 Å². The van der Waals surface area contributed by atoms with Crippen molar-refractivity contribution in [2.24, 2.45) is 5.92 Å². The first-order chi connectivity index (χ1) is 8.70. The highest BCUT2D eigenvalue weighted by Crippen LogP contribution is 2.22. The number of aromatic nitrogens is 3. The molecule has 2 aliphatic heterocycles. The van der Waals surface area contributed by atoms with Gasteiger partial charge in [0.25, 0.3) is 0 Å². The van der Waals surface area contributed by atoms with Crippen molar-refractivity contribution >= 4 is 5.91 Å². The number of H-pyrrole nitrogens is 1. The molecule has 0 aliphatic carbocycles. The molecule has 2 aliphatic rings. The number of nitrogens with one attached hydrogen (secondary N) is 2. The van der Waals surface area contributed by atoms with E-state index in [1.54, 1.807) is 0 Å². The normalized spacial score (nSPS) is 28.8. The molecule has 1 amide bonds. The largest absolute Gasteiger partial charge is 0.352 e. The standard InChI is InChI=1S/C12H19N5O/c1-8-13-11(16-15-8)7-17-5-9-3-2-4-10(6-17)14-12(9)18/h9-10H,2-7H2,1H3,(H,14,18)(H,13,15,16)/t9-,10+/m1/s1. The number of aryl methyl sites for hydroxylation is 1. The van der Waals surface area contributed by atoms with Crippen molar-refractivity contribution in [2.75, 3.05) is 13.1 Å². The zero-order valence-electron chi connectivity index (χ0n) is 10.6. The van der Waals surface area contributed by atoms with Crippen molar-refractivity contribution in [3.63, 3.8) is 0 Å². The average molecular weight is 249 g/mol. The van der Waals surface area contributed by atoms with Gasteiger partial charge in [-0.25, -0.2) is 4.98 Å². The van der Waals surface area contributed by atoms with E-state index < -0.39 is 0 Å². The summed E-state index contributed by atoms with van der Waals surface area (Å²) in [5.41, 5.74) is 0. The average Bonchev–Trinajstić information content (AvgIpc) is 2.53. The number of hydrogen-bond acceptors (Lipinski definition) is 4. The number of aromatic amines is 1. The highest BCUT2D eigenvalue weighted by atomic mass is 16.2. The summed E-state index contributed by atoms with van der Waals surface area (Å²) in [5, 5.41) is 10.2. The summed E-state index contributed by atoms with van der Waals surface area (Å²) in [6.07, 6.45) is 3.25. The van der Waals surface area contributed by atoms with E-state index >= 15 is 0 Å². The molecule has 1 aromatic rings. The Hall–Kier alpha value is -1.43. The topological polar surface area (TPSA) is 73.9 Å². The van der Waals surface area contributed by atoms with Crippen molar-refractivity contribution in [3.8, 4) is 0 Å². The molecule has 2 N–H and O–H groups in total. The Morgan fingerprint density at radius 1 is 1.39 bits per heavy atom. The summed E-state index contributed by atoms with van der Waals surface area (Å²) in [4.78, 5) is 18.6. The number of carbonyl (C=O) groups is 1. The van der Waals surface area contributed by atoms with Crippen molar-refractivity contribution < 1.29 is 4.79 Å². The zero-order chi connectivity index (χ0) is 12.5. The number of hydrogen-bond donors (Lipinski definition) is 2. The summed E-state index contributed by atoms with van der Waals surface area (Å²) in [6, 6.07) is 0.296. The fraction of sp³-hybridized carbons (Fsp3) is 0.750. The smallest absolute Gasteiger partial charge is 0.224 e. The number of carbonyl (C=O) groups excluding carboxylic acids is 1. The molecule has 2 bridgehead atoms. The molecule has 1 aromatic heterocycles. The lowest BCUT2D eigenvalue weighted by Crippen LogP contribution is -2.38. The van der Waals surface area contributed by atoms with Crippen LogP contribution in [0.2, 0.25) is 0 Å². The minimum atomic E-state index is 0.137. The van der Waals surface area contributed by atoms with Crippen LogP contribution >= 0.6 is 0 Å². The molecule has 0 radical (unpaired) electrons. The van der Waals surface area contributed by atoms with Crippen LogP contribution in [0.5, 0.6) is 0 Å². The first kappa shape index (κ1) is 11.6. The van der Waals surface area contributed by atoms with Gasteiger partial charge in [-0.15, -0.1) is 0 Å². The van der Waals surface area contributed by atoms with Crippen LogP contribution in [-0.4, -0.2) is 45.1 Å².